The Hall–Kier alpha value is 0. The Morgan fingerprint density at radius 3 is 2.06 bits per heavy atom. The van der Waals surface area contributed by atoms with Gasteiger partial charge in [0.25, 0.3) is 0 Å². The lowest BCUT2D eigenvalue weighted by molar-refractivity contribution is 0.0508. The van der Waals surface area contributed by atoms with Gasteiger partial charge in [0.1, 0.15) is 0 Å². The number of hydrogen-bond acceptors (Lipinski definition) is 0. The lowest BCUT2D eigenvalue weighted by atomic mass is 9.62. The Bertz CT molecular complexity index is 333. The Morgan fingerprint density at radius 2 is 1.33 bits per heavy atom. The third kappa shape index (κ3) is 1.23. The van der Waals surface area contributed by atoms with Gasteiger partial charge in [0.2, 0.25) is 0 Å². The number of fused-ring (bicyclic) bond motifs is 12. The Kier molecular flexibility index (Phi) is 2.62. The van der Waals surface area contributed by atoms with Gasteiger partial charge in [0, 0.05) is 0 Å². The first kappa shape index (κ1) is 11.8. The van der Waals surface area contributed by atoms with E-state index < -0.39 is 0 Å². The van der Waals surface area contributed by atoms with Crippen LogP contribution in [0.3, 0.4) is 0 Å². The summed E-state index contributed by atoms with van der Waals surface area (Å²) in [6.45, 7) is 6.55. The Morgan fingerprint density at radius 1 is 0.667 bits per heavy atom. The van der Waals surface area contributed by atoms with Crippen molar-refractivity contribution in [1.82, 2.24) is 0 Å². The van der Waals surface area contributed by atoms with E-state index in [-0.39, 0.29) is 0 Å². The normalized spacial score (nSPS) is 62.5. The fourth-order valence-electron chi connectivity index (χ4n) is 7.65. The van der Waals surface area contributed by atoms with Crippen molar-refractivity contribution in [2.75, 3.05) is 0 Å². The van der Waals surface area contributed by atoms with Crippen LogP contribution in [0.25, 0.3) is 0 Å². The molecule has 9 atom stereocenters. The van der Waals surface area contributed by atoms with Gasteiger partial charge < -0.3 is 0 Å². The molecule has 5 aliphatic carbocycles. The van der Waals surface area contributed by atoms with Crippen LogP contribution in [0, 0.1) is 53.3 Å². The van der Waals surface area contributed by atoms with Crippen molar-refractivity contribution in [2.45, 2.75) is 59.3 Å². The van der Waals surface area contributed by atoms with Crippen molar-refractivity contribution < 1.29 is 0 Å². The molecule has 0 amide bonds. The molecule has 0 saturated heterocycles. The molecule has 0 aromatic rings. The van der Waals surface area contributed by atoms with E-state index in [1.54, 1.807) is 38.5 Å². The number of rotatable bonds is 0. The van der Waals surface area contributed by atoms with E-state index in [1.807, 2.05) is 13.8 Å². The van der Waals surface area contributed by atoms with Crippen LogP contribution in [0.2, 0.25) is 0 Å². The second-order valence-electron chi connectivity index (χ2n) is 7.85. The van der Waals surface area contributed by atoms with Crippen LogP contribution in [-0.4, -0.2) is 0 Å². The molecule has 0 spiro atoms. The standard InChI is InChI=1S/C16H24.C2H6/c1-8-5-9-6-12(8)16-14-7-13(15(9)16)10-3-2-4-11(10)14;1-2/h8-16H,2-7H2,1H3;1-2H3. The first-order valence-electron chi connectivity index (χ1n) is 8.84. The molecule has 0 heterocycles. The predicted octanol–water partition coefficient (Wildman–Crippen LogP) is 4.99. The molecule has 102 valence electrons. The van der Waals surface area contributed by atoms with Gasteiger partial charge in [0.05, 0.1) is 0 Å². The van der Waals surface area contributed by atoms with E-state index in [2.05, 4.69) is 6.92 Å². The van der Waals surface area contributed by atoms with Crippen molar-refractivity contribution in [2.24, 2.45) is 53.3 Å². The van der Waals surface area contributed by atoms with Crippen LogP contribution in [0.1, 0.15) is 59.3 Å². The summed E-state index contributed by atoms with van der Waals surface area (Å²) in [6, 6.07) is 0. The Labute approximate surface area is 113 Å². The van der Waals surface area contributed by atoms with Crippen LogP contribution >= 0.6 is 0 Å². The van der Waals surface area contributed by atoms with E-state index in [4.69, 9.17) is 0 Å². The molecular formula is C18H30. The molecule has 4 bridgehead atoms. The molecule has 5 aliphatic rings. The number of hydrogen-bond donors (Lipinski definition) is 0. The SMILES string of the molecule is CC.CC1CC2CC1C1C3CC(C4CCCC43)C21. The van der Waals surface area contributed by atoms with E-state index in [9.17, 15) is 0 Å². The molecule has 0 N–H and O–H groups in total. The molecule has 5 saturated carbocycles. The van der Waals surface area contributed by atoms with Crippen LogP contribution < -0.4 is 0 Å². The van der Waals surface area contributed by atoms with E-state index in [1.165, 1.54) is 47.3 Å². The second-order valence-corrected chi connectivity index (χ2v) is 7.85. The van der Waals surface area contributed by atoms with Crippen LogP contribution in [0.4, 0.5) is 0 Å². The highest BCUT2D eigenvalue weighted by molar-refractivity contribution is 5.15. The zero-order chi connectivity index (χ0) is 12.4. The summed E-state index contributed by atoms with van der Waals surface area (Å²) in [6.07, 6.45) is 9.72. The lowest BCUT2D eigenvalue weighted by Crippen LogP contribution is -2.38. The highest BCUT2D eigenvalue weighted by Gasteiger charge is 2.66. The molecule has 0 aliphatic heterocycles. The minimum absolute atomic E-state index is 1.09. The summed E-state index contributed by atoms with van der Waals surface area (Å²) in [5.74, 6) is 10.7. The quantitative estimate of drug-likeness (QED) is 0.528. The summed E-state index contributed by atoms with van der Waals surface area (Å²) >= 11 is 0. The summed E-state index contributed by atoms with van der Waals surface area (Å²) in [7, 11) is 0. The molecule has 5 rings (SSSR count). The summed E-state index contributed by atoms with van der Waals surface area (Å²) in [5, 5.41) is 0. The van der Waals surface area contributed by atoms with Crippen molar-refractivity contribution in [3.8, 4) is 0 Å². The van der Waals surface area contributed by atoms with Gasteiger partial charge in [-0.25, -0.2) is 0 Å². The summed E-state index contributed by atoms with van der Waals surface area (Å²) < 4.78 is 0. The molecule has 5 fully saturated rings. The maximum Gasteiger partial charge on any atom is -0.0318 e. The van der Waals surface area contributed by atoms with Crippen molar-refractivity contribution in [3.63, 3.8) is 0 Å². The highest BCUT2D eigenvalue weighted by Crippen LogP contribution is 2.73. The highest BCUT2D eigenvalue weighted by atomic mass is 14.7. The molecule has 0 aromatic carbocycles. The van der Waals surface area contributed by atoms with Crippen molar-refractivity contribution in [1.29, 1.82) is 0 Å². The first-order valence-corrected chi connectivity index (χ1v) is 8.84. The van der Waals surface area contributed by atoms with Crippen LogP contribution in [-0.2, 0) is 0 Å². The van der Waals surface area contributed by atoms with Crippen molar-refractivity contribution >= 4 is 0 Å². The molecule has 0 aromatic heterocycles. The van der Waals surface area contributed by atoms with Gasteiger partial charge in [-0.1, -0.05) is 27.2 Å². The fraction of sp³-hybridized carbons (Fsp3) is 1.00. The smallest absolute Gasteiger partial charge is 0.0318 e. The Balaban J connectivity index is 0.000000423. The first-order chi connectivity index (χ1) is 8.84. The molecule has 0 heteroatoms. The molecule has 0 nitrogen and oxygen atoms in total. The van der Waals surface area contributed by atoms with Crippen LogP contribution in [0.5, 0.6) is 0 Å². The van der Waals surface area contributed by atoms with Gasteiger partial charge >= 0.3 is 0 Å². The van der Waals surface area contributed by atoms with Gasteiger partial charge in [0.15, 0.2) is 0 Å². The van der Waals surface area contributed by atoms with E-state index in [0.29, 0.717) is 0 Å². The minimum atomic E-state index is 1.09. The van der Waals surface area contributed by atoms with Gasteiger partial charge in [-0.05, 0) is 85.4 Å². The molecular weight excluding hydrogens is 216 g/mol. The van der Waals surface area contributed by atoms with E-state index in [0.717, 1.165) is 5.92 Å². The molecule has 0 radical (unpaired) electrons. The lowest BCUT2D eigenvalue weighted by Gasteiger charge is -2.42. The summed E-state index contributed by atoms with van der Waals surface area (Å²) in [5.41, 5.74) is 0. The van der Waals surface area contributed by atoms with Gasteiger partial charge in [-0.15, -0.1) is 0 Å². The average Bonchev–Trinajstić information content (AvgIpc) is 3.13. The van der Waals surface area contributed by atoms with E-state index >= 15 is 0 Å². The minimum Gasteiger partial charge on any atom is -0.0683 e. The third-order valence-electron chi connectivity index (χ3n) is 7.72. The molecule has 9 unspecified atom stereocenters. The van der Waals surface area contributed by atoms with Gasteiger partial charge in [-0.2, -0.15) is 0 Å². The topological polar surface area (TPSA) is 0 Å². The average molecular weight is 246 g/mol. The fourth-order valence-corrected chi connectivity index (χ4v) is 7.65. The summed E-state index contributed by atoms with van der Waals surface area (Å²) in [4.78, 5) is 0. The zero-order valence-electron chi connectivity index (χ0n) is 12.4. The monoisotopic (exact) mass is 246 g/mol. The van der Waals surface area contributed by atoms with Gasteiger partial charge in [-0.3, -0.25) is 0 Å². The largest absolute Gasteiger partial charge is 0.0683 e. The zero-order valence-corrected chi connectivity index (χ0v) is 12.4. The van der Waals surface area contributed by atoms with Crippen LogP contribution in [0.15, 0.2) is 0 Å². The third-order valence-corrected chi connectivity index (χ3v) is 7.72. The predicted molar refractivity (Wildman–Crippen MR) is 76.1 cm³/mol. The van der Waals surface area contributed by atoms with Crippen molar-refractivity contribution in [3.05, 3.63) is 0 Å². The maximum absolute atomic E-state index is 2.55. The molecule has 18 heavy (non-hydrogen) atoms. The second kappa shape index (κ2) is 4.00. The maximum atomic E-state index is 2.55.